The van der Waals surface area contributed by atoms with Gasteiger partial charge in [-0.3, -0.25) is 0 Å². The van der Waals surface area contributed by atoms with Crippen molar-refractivity contribution in [3.63, 3.8) is 0 Å². The minimum atomic E-state index is -3.85. The van der Waals surface area contributed by atoms with Gasteiger partial charge in [0.25, 0.3) is 10.0 Å². The largest absolute Gasteiger partial charge is 0.481 e. The van der Waals surface area contributed by atoms with Crippen molar-refractivity contribution < 1.29 is 13.2 Å². The zero-order valence-corrected chi connectivity index (χ0v) is 12.9. The highest BCUT2D eigenvalue weighted by molar-refractivity contribution is 7.92. The molecule has 21 heavy (non-hydrogen) atoms. The zero-order valence-electron chi connectivity index (χ0n) is 11.3. The number of benzene rings is 1. The molecule has 0 saturated heterocycles. The van der Waals surface area contributed by atoms with E-state index in [9.17, 15) is 8.42 Å². The summed E-state index contributed by atoms with van der Waals surface area (Å²) < 4.78 is 31.8. The van der Waals surface area contributed by atoms with Crippen LogP contribution < -0.4 is 15.2 Å². The summed E-state index contributed by atoms with van der Waals surface area (Å²) in [5.41, 5.74) is 6.60. The van der Waals surface area contributed by atoms with E-state index in [4.69, 9.17) is 22.1 Å². The molecule has 0 amide bonds. The Hall–Kier alpha value is -2.06. The Morgan fingerprint density at radius 2 is 2.00 bits per heavy atom. The molecule has 0 aliphatic carbocycles. The maximum absolute atomic E-state index is 12.3. The van der Waals surface area contributed by atoms with Crippen LogP contribution in [0.15, 0.2) is 29.2 Å². The first-order valence-corrected chi connectivity index (χ1v) is 7.65. The number of methoxy groups -OCH3 is 1. The van der Waals surface area contributed by atoms with E-state index in [1.807, 2.05) is 0 Å². The molecule has 2 rings (SSSR count). The number of nitrogens with one attached hydrogen (secondary N) is 1. The Morgan fingerprint density at radius 3 is 2.62 bits per heavy atom. The molecule has 0 unspecified atom stereocenters. The number of aromatic nitrogens is 2. The molecule has 1 aromatic heterocycles. The summed E-state index contributed by atoms with van der Waals surface area (Å²) in [6, 6.07) is 5.84. The maximum atomic E-state index is 12.3. The zero-order chi connectivity index (χ0) is 15.6. The molecule has 0 spiro atoms. The van der Waals surface area contributed by atoms with Crippen LogP contribution in [-0.2, 0) is 10.0 Å². The van der Waals surface area contributed by atoms with Gasteiger partial charge in [-0.05, 0) is 30.7 Å². The monoisotopic (exact) mass is 328 g/mol. The molecule has 3 N–H and O–H groups in total. The summed E-state index contributed by atoms with van der Waals surface area (Å²) in [5, 5.41) is 0.0635. The van der Waals surface area contributed by atoms with Gasteiger partial charge in [-0.15, -0.1) is 0 Å². The summed E-state index contributed by atoms with van der Waals surface area (Å²) in [6.45, 7) is 1.64. The highest BCUT2D eigenvalue weighted by Crippen LogP contribution is 2.22. The molecule has 9 heteroatoms. The smallest absolute Gasteiger partial charge is 0.264 e. The quantitative estimate of drug-likeness (QED) is 0.655. The summed E-state index contributed by atoms with van der Waals surface area (Å²) in [7, 11) is -2.46. The number of nitrogens with two attached hydrogens (primary N) is 1. The third-order valence-electron chi connectivity index (χ3n) is 2.59. The number of nitrogens with zero attached hydrogens (tertiary/aromatic N) is 2. The molecule has 0 aliphatic heterocycles. The number of halogens is 1. The lowest BCUT2D eigenvalue weighted by Crippen LogP contribution is -2.16. The van der Waals surface area contributed by atoms with Crippen molar-refractivity contribution in [2.75, 3.05) is 17.6 Å². The van der Waals surface area contributed by atoms with Gasteiger partial charge < -0.3 is 10.5 Å². The van der Waals surface area contributed by atoms with Crippen LogP contribution in [0, 0.1) is 6.92 Å². The van der Waals surface area contributed by atoms with Crippen molar-refractivity contribution in [2.45, 2.75) is 11.8 Å². The molecular formula is C12H13ClN4O3S. The van der Waals surface area contributed by atoms with Crippen molar-refractivity contribution >= 4 is 33.3 Å². The molecule has 1 heterocycles. The lowest BCUT2D eigenvalue weighted by molar-refractivity contribution is 0.397. The Morgan fingerprint density at radius 1 is 1.29 bits per heavy atom. The van der Waals surface area contributed by atoms with Gasteiger partial charge in [0, 0.05) is 11.8 Å². The van der Waals surface area contributed by atoms with Gasteiger partial charge in [0.2, 0.25) is 11.8 Å². The average molecular weight is 329 g/mol. The Balaban J connectivity index is 2.39. The van der Waals surface area contributed by atoms with E-state index in [1.54, 1.807) is 13.0 Å². The second kappa shape index (κ2) is 5.74. The first kappa shape index (κ1) is 15.3. The summed E-state index contributed by atoms with van der Waals surface area (Å²) >= 11 is 5.77. The van der Waals surface area contributed by atoms with Crippen molar-refractivity contribution in [3.8, 4) is 5.88 Å². The number of ether oxygens (including phenoxy) is 1. The number of rotatable bonds is 4. The van der Waals surface area contributed by atoms with E-state index in [-0.39, 0.29) is 21.9 Å². The summed E-state index contributed by atoms with van der Waals surface area (Å²) in [4.78, 5) is 7.76. The highest BCUT2D eigenvalue weighted by Gasteiger charge is 2.19. The second-order valence-corrected chi connectivity index (χ2v) is 6.23. The molecule has 7 nitrogen and oxygen atoms in total. The third-order valence-corrected chi connectivity index (χ3v) is 4.28. The van der Waals surface area contributed by atoms with Crippen molar-refractivity contribution in [2.24, 2.45) is 0 Å². The SMILES string of the molecule is COc1cc(Cl)nc(NS(=O)(=O)c2ccc(N)cc2C)n1. The average Bonchev–Trinajstić information content (AvgIpc) is 2.36. The maximum Gasteiger partial charge on any atom is 0.264 e. The lowest BCUT2D eigenvalue weighted by atomic mass is 10.2. The molecule has 0 fully saturated rings. The fourth-order valence-corrected chi connectivity index (χ4v) is 3.04. The first-order valence-electron chi connectivity index (χ1n) is 5.79. The number of hydrogen-bond acceptors (Lipinski definition) is 6. The molecule has 0 bridgehead atoms. The van der Waals surface area contributed by atoms with E-state index in [0.717, 1.165) is 0 Å². The fourth-order valence-electron chi connectivity index (χ4n) is 1.70. The van der Waals surface area contributed by atoms with Crippen LogP contribution in [0.4, 0.5) is 11.6 Å². The summed E-state index contributed by atoms with van der Waals surface area (Å²) in [6.07, 6.45) is 0. The standard InChI is InChI=1S/C12H13ClN4O3S/c1-7-5-8(14)3-4-9(7)21(18,19)17-12-15-10(13)6-11(16-12)20-2/h3-6H,14H2,1-2H3,(H,15,16,17). The normalized spacial score (nSPS) is 11.2. The summed E-state index contributed by atoms with van der Waals surface area (Å²) in [5.74, 6) is -0.0164. The number of hydrogen-bond donors (Lipinski definition) is 2. The van der Waals surface area contributed by atoms with Crippen LogP contribution in [0.5, 0.6) is 5.88 Å². The van der Waals surface area contributed by atoms with Gasteiger partial charge in [-0.2, -0.15) is 4.98 Å². The number of aryl methyl sites for hydroxylation is 1. The Labute approximate surface area is 127 Å². The van der Waals surface area contributed by atoms with Crippen LogP contribution in [0.2, 0.25) is 5.15 Å². The third kappa shape index (κ3) is 3.53. The van der Waals surface area contributed by atoms with Crippen molar-refractivity contribution in [1.82, 2.24) is 9.97 Å². The van der Waals surface area contributed by atoms with Crippen molar-refractivity contribution in [3.05, 3.63) is 35.0 Å². The van der Waals surface area contributed by atoms with Crippen LogP contribution in [-0.4, -0.2) is 25.5 Å². The van der Waals surface area contributed by atoms with Crippen LogP contribution in [0.25, 0.3) is 0 Å². The van der Waals surface area contributed by atoms with Gasteiger partial charge in [-0.1, -0.05) is 11.6 Å². The second-order valence-electron chi connectivity index (χ2n) is 4.19. The van der Waals surface area contributed by atoms with E-state index in [0.29, 0.717) is 11.3 Å². The number of nitrogen functional groups attached to an aromatic ring is 1. The van der Waals surface area contributed by atoms with E-state index >= 15 is 0 Å². The van der Waals surface area contributed by atoms with E-state index in [2.05, 4.69) is 14.7 Å². The molecule has 0 aliphatic rings. The molecule has 1 aromatic carbocycles. The lowest BCUT2D eigenvalue weighted by Gasteiger charge is -2.10. The van der Waals surface area contributed by atoms with Gasteiger partial charge in [0.05, 0.1) is 12.0 Å². The van der Waals surface area contributed by atoms with Crippen LogP contribution >= 0.6 is 11.6 Å². The predicted octanol–water partition coefficient (Wildman–Crippen LogP) is 1.83. The van der Waals surface area contributed by atoms with Gasteiger partial charge in [0.15, 0.2) is 0 Å². The minimum Gasteiger partial charge on any atom is -0.481 e. The molecular weight excluding hydrogens is 316 g/mol. The first-order chi connectivity index (χ1) is 9.81. The minimum absolute atomic E-state index is 0.0635. The van der Waals surface area contributed by atoms with Crippen LogP contribution in [0.3, 0.4) is 0 Å². The van der Waals surface area contributed by atoms with Crippen molar-refractivity contribution in [1.29, 1.82) is 0 Å². The molecule has 2 aromatic rings. The Kier molecular flexibility index (Phi) is 4.19. The van der Waals surface area contributed by atoms with E-state index in [1.165, 1.54) is 25.3 Å². The van der Waals surface area contributed by atoms with E-state index < -0.39 is 10.0 Å². The number of anilines is 2. The molecule has 112 valence electrons. The van der Waals surface area contributed by atoms with Gasteiger partial charge in [-0.25, -0.2) is 18.1 Å². The molecule has 0 saturated carbocycles. The predicted molar refractivity (Wildman–Crippen MR) is 80.0 cm³/mol. The molecule has 0 radical (unpaired) electrons. The van der Waals surface area contributed by atoms with Gasteiger partial charge >= 0.3 is 0 Å². The molecule has 0 atom stereocenters. The number of sulfonamides is 1. The topological polar surface area (TPSA) is 107 Å². The van der Waals surface area contributed by atoms with Crippen LogP contribution in [0.1, 0.15) is 5.56 Å². The Bertz CT molecular complexity index is 780. The fraction of sp³-hybridized carbons (Fsp3) is 0.167. The highest BCUT2D eigenvalue weighted by atomic mass is 35.5. The van der Waals surface area contributed by atoms with Gasteiger partial charge in [0.1, 0.15) is 5.15 Å².